The molecule has 2 heteroatoms. The highest BCUT2D eigenvalue weighted by molar-refractivity contribution is 4.99. The van der Waals surface area contributed by atoms with Crippen LogP contribution in [0.1, 0.15) is 57.8 Å². The number of hydrogen-bond donors (Lipinski definition) is 2. The van der Waals surface area contributed by atoms with Gasteiger partial charge in [-0.2, -0.15) is 0 Å². The van der Waals surface area contributed by atoms with E-state index in [1.54, 1.807) is 0 Å². The van der Waals surface area contributed by atoms with Crippen molar-refractivity contribution in [2.45, 2.75) is 75.5 Å². The van der Waals surface area contributed by atoms with Gasteiger partial charge in [0.2, 0.25) is 0 Å². The van der Waals surface area contributed by atoms with Crippen LogP contribution in [0.5, 0.6) is 0 Å². The third-order valence-corrected chi connectivity index (χ3v) is 4.72. The fraction of sp³-hybridized carbons (Fsp3) is 1.00. The largest absolute Gasteiger partial charge is 0.390 e. The Balaban J connectivity index is 1.63. The lowest BCUT2D eigenvalue weighted by Crippen LogP contribution is -2.56. The molecule has 0 aromatic carbocycles. The van der Waals surface area contributed by atoms with Crippen LogP contribution in [0.25, 0.3) is 0 Å². The number of aliphatic hydroxyl groups is 1. The molecule has 0 aromatic rings. The van der Waals surface area contributed by atoms with E-state index in [-0.39, 0.29) is 5.60 Å². The van der Waals surface area contributed by atoms with E-state index in [4.69, 9.17) is 0 Å². The average Bonchev–Trinajstić information content (AvgIpc) is 2.11. The van der Waals surface area contributed by atoms with Crippen LogP contribution in [0.15, 0.2) is 0 Å². The highest BCUT2D eigenvalue weighted by Gasteiger charge is 2.42. The smallest absolute Gasteiger partial charge is 0.0680 e. The number of piperidine rings is 2. The van der Waals surface area contributed by atoms with Crippen LogP contribution in [0.3, 0.4) is 0 Å². The first-order chi connectivity index (χ1) is 7.23. The first-order valence-corrected chi connectivity index (χ1v) is 6.72. The van der Waals surface area contributed by atoms with Gasteiger partial charge in [-0.05, 0) is 38.0 Å². The lowest BCUT2D eigenvalue weighted by Gasteiger charge is -2.47. The zero-order chi connectivity index (χ0) is 10.3. The van der Waals surface area contributed by atoms with Gasteiger partial charge in [-0.25, -0.2) is 0 Å². The Bertz CT molecular complexity index is 219. The van der Waals surface area contributed by atoms with Crippen molar-refractivity contribution in [2.24, 2.45) is 5.92 Å². The fourth-order valence-corrected chi connectivity index (χ4v) is 3.83. The third-order valence-electron chi connectivity index (χ3n) is 4.72. The van der Waals surface area contributed by atoms with E-state index < -0.39 is 0 Å². The SMILES string of the molecule is OC1(CC2CCC2)CC2CCCC(C1)N2. The van der Waals surface area contributed by atoms with Crippen molar-refractivity contribution in [3.8, 4) is 0 Å². The van der Waals surface area contributed by atoms with E-state index in [0.717, 1.165) is 25.2 Å². The molecule has 2 saturated heterocycles. The Morgan fingerprint density at radius 2 is 1.60 bits per heavy atom. The first kappa shape index (κ1) is 10.1. The van der Waals surface area contributed by atoms with Crippen LogP contribution in [0, 0.1) is 5.92 Å². The van der Waals surface area contributed by atoms with Crippen molar-refractivity contribution >= 4 is 0 Å². The molecular weight excluding hydrogens is 186 g/mol. The molecule has 86 valence electrons. The maximum absolute atomic E-state index is 10.7. The highest BCUT2D eigenvalue weighted by Crippen LogP contribution is 2.41. The van der Waals surface area contributed by atoms with Crippen LogP contribution in [0.2, 0.25) is 0 Å². The maximum Gasteiger partial charge on any atom is 0.0680 e. The monoisotopic (exact) mass is 209 g/mol. The molecule has 2 N–H and O–H groups in total. The molecule has 2 heterocycles. The summed E-state index contributed by atoms with van der Waals surface area (Å²) in [6.45, 7) is 0. The summed E-state index contributed by atoms with van der Waals surface area (Å²) in [5.74, 6) is 0.842. The first-order valence-electron chi connectivity index (χ1n) is 6.72. The highest BCUT2D eigenvalue weighted by atomic mass is 16.3. The molecule has 3 rings (SSSR count). The molecule has 0 radical (unpaired) electrons. The normalized spacial score (nSPS) is 46.2. The molecule has 2 unspecified atom stereocenters. The molecule has 0 spiro atoms. The molecule has 1 saturated carbocycles. The predicted octanol–water partition coefficient (Wildman–Crippen LogP) is 2.21. The Labute approximate surface area is 92.4 Å². The molecule has 2 aliphatic heterocycles. The molecule has 0 amide bonds. The van der Waals surface area contributed by atoms with Crippen LogP contribution in [-0.4, -0.2) is 22.8 Å². The Morgan fingerprint density at radius 1 is 1.00 bits per heavy atom. The maximum atomic E-state index is 10.7. The van der Waals surface area contributed by atoms with Crippen molar-refractivity contribution in [3.05, 3.63) is 0 Å². The summed E-state index contributed by atoms with van der Waals surface area (Å²) in [6, 6.07) is 1.23. The summed E-state index contributed by atoms with van der Waals surface area (Å²) in [5.41, 5.74) is -0.313. The summed E-state index contributed by atoms with van der Waals surface area (Å²) in [4.78, 5) is 0. The van der Waals surface area contributed by atoms with Gasteiger partial charge >= 0.3 is 0 Å². The summed E-state index contributed by atoms with van der Waals surface area (Å²) in [7, 11) is 0. The minimum atomic E-state index is -0.313. The molecule has 15 heavy (non-hydrogen) atoms. The van der Waals surface area contributed by atoms with Crippen molar-refractivity contribution in [2.75, 3.05) is 0 Å². The van der Waals surface area contributed by atoms with Crippen LogP contribution in [0.4, 0.5) is 0 Å². The fourth-order valence-electron chi connectivity index (χ4n) is 3.83. The van der Waals surface area contributed by atoms with E-state index in [1.807, 2.05) is 0 Å². The van der Waals surface area contributed by atoms with Gasteiger partial charge in [0, 0.05) is 12.1 Å². The van der Waals surface area contributed by atoms with Gasteiger partial charge in [0.25, 0.3) is 0 Å². The van der Waals surface area contributed by atoms with Crippen molar-refractivity contribution in [1.82, 2.24) is 5.32 Å². The van der Waals surface area contributed by atoms with Gasteiger partial charge in [0.1, 0.15) is 0 Å². The minimum absolute atomic E-state index is 0.313. The van der Waals surface area contributed by atoms with Crippen LogP contribution < -0.4 is 5.32 Å². The van der Waals surface area contributed by atoms with E-state index in [2.05, 4.69) is 5.32 Å². The predicted molar refractivity (Wildman–Crippen MR) is 60.7 cm³/mol. The van der Waals surface area contributed by atoms with Gasteiger partial charge in [0.05, 0.1) is 5.60 Å². The van der Waals surface area contributed by atoms with Gasteiger partial charge in [0.15, 0.2) is 0 Å². The Morgan fingerprint density at radius 3 is 2.13 bits per heavy atom. The number of hydrogen-bond acceptors (Lipinski definition) is 2. The van der Waals surface area contributed by atoms with Crippen molar-refractivity contribution < 1.29 is 5.11 Å². The molecule has 1 aliphatic carbocycles. The molecule has 3 fully saturated rings. The molecule has 0 aromatic heterocycles. The molecule has 2 nitrogen and oxygen atoms in total. The summed E-state index contributed by atoms with van der Waals surface area (Å²) >= 11 is 0. The van der Waals surface area contributed by atoms with E-state index >= 15 is 0 Å². The lowest BCUT2D eigenvalue weighted by molar-refractivity contribution is -0.0556. The van der Waals surface area contributed by atoms with Crippen molar-refractivity contribution in [1.29, 1.82) is 0 Å². The van der Waals surface area contributed by atoms with E-state index in [0.29, 0.717) is 12.1 Å². The van der Waals surface area contributed by atoms with Gasteiger partial charge in [-0.1, -0.05) is 25.7 Å². The van der Waals surface area contributed by atoms with E-state index in [9.17, 15) is 5.11 Å². The summed E-state index contributed by atoms with van der Waals surface area (Å²) in [5, 5.41) is 14.3. The minimum Gasteiger partial charge on any atom is -0.390 e. The van der Waals surface area contributed by atoms with Gasteiger partial charge in [-0.3, -0.25) is 0 Å². The second-order valence-corrected chi connectivity index (χ2v) is 6.13. The number of nitrogens with one attached hydrogen (secondary N) is 1. The zero-order valence-electron chi connectivity index (χ0n) is 9.54. The number of rotatable bonds is 2. The standard InChI is InChI=1S/C13H23NO/c15-13(7-10-3-1-4-10)8-11-5-2-6-12(9-13)14-11/h10-12,14-15H,1-9H2. The quantitative estimate of drug-likeness (QED) is 0.731. The molecule has 2 atom stereocenters. The van der Waals surface area contributed by atoms with Crippen LogP contribution >= 0.6 is 0 Å². The number of fused-ring (bicyclic) bond motifs is 2. The Kier molecular flexibility index (Phi) is 2.52. The second kappa shape index (κ2) is 3.74. The lowest BCUT2D eigenvalue weighted by atomic mass is 9.69. The zero-order valence-corrected chi connectivity index (χ0v) is 9.54. The summed E-state index contributed by atoms with van der Waals surface area (Å²) in [6.07, 6.45) is 11.2. The van der Waals surface area contributed by atoms with E-state index in [1.165, 1.54) is 38.5 Å². The van der Waals surface area contributed by atoms with Crippen LogP contribution in [-0.2, 0) is 0 Å². The second-order valence-electron chi connectivity index (χ2n) is 6.13. The molecule has 2 bridgehead atoms. The van der Waals surface area contributed by atoms with Crippen molar-refractivity contribution in [3.63, 3.8) is 0 Å². The molecular formula is C13H23NO. The molecule has 3 aliphatic rings. The van der Waals surface area contributed by atoms with Gasteiger partial charge < -0.3 is 10.4 Å². The summed E-state index contributed by atoms with van der Waals surface area (Å²) < 4.78 is 0. The third kappa shape index (κ3) is 2.07. The average molecular weight is 209 g/mol. The van der Waals surface area contributed by atoms with Gasteiger partial charge in [-0.15, -0.1) is 0 Å². The topological polar surface area (TPSA) is 32.3 Å². The Hall–Kier alpha value is -0.0800.